The summed E-state index contributed by atoms with van der Waals surface area (Å²) in [7, 11) is 2.06. The molecule has 0 fully saturated rings. The molecule has 0 saturated carbocycles. The number of aryl methyl sites for hydroxylation is 2. The van der Waals surface area contributed by atoms with Crippen molar-refractivity contribution in [1.82, 2.24) is 10.2 Å². The Balaban J connectivity index is 1.80. The summed E-state index contributed by atoms with van der Waals surface area (Å²) in [6, 6.07) is 19.1. The van der Waals surface area contributed by atoms with Gasteiger partial charge in [0.15, 0.2) is 0 Å². The lowest BCUT2D eigenvalue weighted by atomic mass is 10.0. The van der Waals surface area contributed by atoms with Crippen LogP contribution in [0.2, 0.25) is 0 Å². The molecule has 0 atom stereocenters. The van der Waals surface area contributed by atoms with E-state index in [4.69, 9.17) is 5.73 Å². The second-order valence-electron chi connectivity index (χ2n) is 7.36. The Labute approximate surface area is 171 Å². The predicted molar refractivity (Wildman–Crippen MR) is 122 cm³/mol. The molecule has 0 aliphatic carbocycles. The van der Waals surface area contributed by atoms with Crippen LogP contribution in [0, 0.1) is 0 Å². The van der Waals surface area contributed by atoms with Crippen molar-refractivity contribution in [3.8, 4) is 0 Å². The molecular formula is C25H35N3. The molecule has 0 aliphatic rings. The molecule has 2 aromatic rings. The number of hydrogen-bond donors (Lipinski definition) is 2. The Kier molecular flexibility index (Phi) is 9.20. The summed E-state index contributed by atoms with van der Waals surface area (Å²) < 4.78 is 0. The maximum Gasteiger partial charge on any atom is 0.0976 e. The summed E-state index contributed by atoms with van der Waals surface area (Å²) in [6.07, 6.45) is 8.93. The molecule has 0 unspecified atom stereocenters. The third-order valence-corrected chi connectivity index (χ3v) is 5.03. The van der Waals surface area contributed by atoms with Crippen molar-refractivity contribution in [3.05, 3.63) is 89.9 Å². The van der Waals surface area contributed by atoms with E-state index in [0.29, 0.717) is 0 Å². The number of hydrogen-bond acceptors (Lipinski definition) is 3. The van der Waals surface area contributed by atoms with Gasteiger partial charge >= 0.3 is 0 Å². The average molecular weight is 378 g/mol. The molecule has 0 spiro atoms. The topological polar surface area (TPSA) is 41.3 Å². The van der Waals surface area contributed by atoms with Crippen LogP contribution in [-0.4, -0.2) is 18.5 Å². The van der Waals surface area contributed by atoms with Crippen molar-refractivity contribution in [3.63, 3.8) is 0 Å². The molecule has 0 radical (unpaired) electrons. The SMILES string of the molecule is C=C(N/C=C(\N)c1ccc(CCc2ccccc2)cc1)N(C)CCCCCC. The van der Waals surface area contributed by atoms with E-state index in [1.807, 2.05) is 6.20 Å². The van der Waals surface area contributed by atoms with Gasteiger partial charge in [0.05, 0.1) is 11.5 Å². The van der Waals surface area contributed by atoms with Crippen molar-refractivity contribution < 1.29 is 0 Å². The van der Waals surface area contributed by atoms with Gasteiger partial charge in [-0.05, 0) is 36.0 Å². The highest BCUT2D eigenvalue weighted by atomic mass is 15.2. The fourth-order valence-corrected chi connectivity index (χ4v) is 3.06. The number of nitrogens with zero attached hydrogens (tertiary/aromatic N) is 1. The van der Waals surface area contributed by atoms with Crippen molar-refractivity contribution in [2.75, 3.05) is 13.6 Å². The third-order valence-electron chi connectivity index (χ3n) is 5.03. The van der Waals surface area contributed by atoms with Crippen LogP contribution in [0.4, 0.5) is 0 Å². The molecule has 28 heavy (non-hydrogen) atoms. The zero-order chi connectivity index (χ0) is 20.2. The zero-order valence-corrected chi connectivity index (χ0v) is 17.5. The van der Waals surface area contributed by atoms with E-state index in [0.717, 1.165) is 36.5 Å². The van der Waals surface area contributed by atoms with E-state index < -0.39 is 0 Å². The Morgan fingerprint density at radius 2 is 1.61 bits per heavy atom. The van der Waals surface area contributed by atoms with Crippen LogP contribution >= 0.6 is 0 Å². The number of nitrogens with one attached hydrogen (secondary N) is 1. The molecule has 150 valence electrons. The minimum atomic E-state index is 0.718. The van der Waals surface area contributed by atoms with E-state index in [1.165, 1.54) is 36.8 Å². The fourth-order valence-electron chi connectivity index (χ4n) is 3.06. The quantitative estimate of drug-likeness (QED) is 0.493. The van der Waals surface area contributed by atoms with Gasteiger partial charge in [0.25, 0.3) is 0 Å². The lowest BCUT2D eigenvalue weighted by Crippen LogP contribution is -2.26. The second-order valence-corrected chi connectivity index (χ2v) is 7.36. The second kappa shape index (κ2) is 11.9. The highest BCUT2D eigenvalue weighted by molar-refractivity contribution is 5.62. The number of unbranched alkanes of at least 4 members (excludes halogenated alkanes) is 3. The van der Waals surface area contributed by atoms with E-state index in [1.54, 1.807) is 0 Å². The zero-order valence-electron chi connectivity index (χ0n) is 17.5. The standard InChI is InChI=1S/C25H35N3/c1-4-5-6-10-19-28(3)21(2)27-20-25(26)24-17-15-23(16-18-24)14-13-22-11-8-7-9-12-22/h7-9,11-12,15-18,20,27H,2,4-6,10,13-14,19,26H2,1,3H3/b25-20-. The number of benzene rings is 2. The Bertz CT molecular complexity index is 732. The summed E-state index contributed by atoms with van der Waals surface area (Å²) >= 11 is 0. The minimum Gasteiger partial charge on any atom is -0.397 e. The Morgan fingerprint density at radius 1 is 0.964 bits per heavy atom. The molecule has 0 amide bonds. The molecule has 0 bridgehead atoms. The molecule has 0 heterocycles. The molecule has 0 saturated heterocycles. The van der Waals surface area contributed by atoms with Gasteiger partial charge in [0.2, 0.25) is 0 Å². The smallest absolute Gasteiger partial charge is 0.0976 e. The molecule has 3 heteroatoms. The highest BCUT2D eigenvalue weighted by Crippen LogP contribution is 2.13. The van der Waals surface area contributed by atoms with E-state index in [9.17, 15) is 0 Å². The summed E-state index contributed by atoms with van der Waals surface area (Å²) in [5, 5.41) is 3.23. The van der Waals surface area contributed by atoms with E-state index in [-0.39, 0.29) is 0 Å². The van der Waals surface area contributed by atoms with E-state index >= 15 is 0 Å². The van der Waals surface area contributed by atoms with Gasteiger partial charge < -0.3 is 16.0 Å². The first-order chi connectivity index (χ1) is 13.6. The number of nitrogens with two attached hydrogens (primary N) is 1. The van der Waals surface area contributed by atoms with Crippen LogP contribution in [0.5, 0.6) is 0 Å². The van der Waals surface area contributed by atoms with Gasteiger partial charge in [-0.3, -0.25) is 0 Å². The van der Waals surface area contributed by atoms with Crippen LogP contribution < -0.4 is 11.1 Å². The number of rotatable bonds is 12. The molecule has 2 rings (SSSR count). The lowest BCUT2D eigenvalue weighted by molar-refractivity contribution is 0.383. The summed E-state index contributed by atoms with van der Waals surface area (Å²) in [5.74, 6) is 0.874. The van der Waals surface area contributed by atoms with Crippen molar-refractivity contribution in [1.29, 1.82) is 0 Å². The maximum atomic E-state index is 6.24. The first kappa shape index (κ1) is 21.6. The van der Waals surface area contributed by atoms with Crippen LogP contribution in [0.3, 0.4) is 0 Å². The summed E-state index contributed by atoms with van der Waals surface area (Å²) in [5.41, 5.74) is 10.7. The average Bonchev–Trinajstić information content (AvgIpc) is 2.74. The molecule has 0 aliphatic heterocycles. The highest BCUT2D eigenvalue weighted by Gasteiger charge is 2.02. The minimum absolute atomic E-state index is 0.718. The lowest BCUT2D eigenvalue weighted by Gasteiger charge is -2.21. The Hall–Kier alpha value is -2.68. The normalized spacial score (nSPS) is 11.3. The van der Waals surface area contributed by atoms with Gasteiger partial charge in [-0.1, -0.05) is 87.4 Å². The molecular weight excluding hydrogens is 342 g/mol. The summed E-state index contributed by atoms with van der Waals surface area (Å²) in [6.45, 7) is 7.34. The predicted octanol–water partition coefficient (Wildman–Crippen LogP) is 5.30. The van der Waals surface area contributed by atoms with Gasteiger partial charge in [-0.2, -0.15) is 0 Å². The van der Waals surface area contributed by atoms with Gasteiger partial charge in [-0.15, -0.1) is 0 Å². The van der Waals surface area contributed by atoms with E-state index in [2.05, 4.69) is 85.4 Å². The molecule has 2 aromatic carbocycles. The first-order valence-corrected chi connectivity index (χ1v) is 10.4. The molecule has 3 nitrogen and oxygen atoms in total. The van der Waals surface area contributed by atoms with Crippen molar-refractivity contribution in [2.24, 2.45) is 5.73 Å². The first-order valence-electron chi connectivity index (χ1n) is 10.4. The third kappa shape index (κ3) is 7.51. The molecule has 0 aromatic heterocycles. The fraction of sp³-hybridized carbons (Fsp3) is 0.360. The monoisotopic (exact) mass is 377 g/mol. The molecule has 3 N–H and O–H groups in total. The van der Waals surface area contributed by atoms with Crippen LogP contribution in [0.25, 0.3) is 5.70 Å². The van der Waals surface area contributed by atoms with Crippen molar-refractivity contribution in [2.45, 2.75) is 45.4 Å². The van der Waals surface area contributed by atoms with Crippen LogP contribution in [0.15, 0.2) is 73.2 Å². The van der Waals surface area contributed by atoms with Gasteiger partial charge in [-0.25, -0.2) is 0 Å². The van der Waals surface area contributed by atoms with Gasteiger partial charge in [0.1, 0.15) is 0 Å². The van der Waals surface area contributed by atoms with Crippen LogP contribution in [-0.2, 0) is 12.8 Å². The van der Waals surface area contributed by atoms with Gasteiger partial charge in [0, 0.05) is 19.8 Å². The summed E-state index contributed by atoms with van der Waals surface area (Å²) in [4.78, 5) is 2.14. The maximum absolute atomic E-state index is 6.24. The Morgan fingerprint density at radius 3 is 2.25 bits per heavy atom. The largest absolute Gasteiger partial charge is 0.397 e. The van der Waals surface area contributed by atoms with Crippen molar-refractivity contribution >= 4 is 5.70 Å². The van der Waals surface area contributed by atoms with Crippen LogP contribution in [0.1, 0.15) is 49.3 Å².